The number of fused-ring (bicyclic) bond motifs is 1. The Morgan fingerprint density at radius 2 is 1.38 bits per heavy atom. The molecule has 0 bridgehead atoms. The van der Waals surface area contributed by atoms with E-state index in [1.54, 1.807) is 22.3 Å². The monoisotopic (exact) mass is 586 g/mol. The van der Waals surface area contributed by atoms with Crippen molar-refractivity contribution in [1.82, 2.24) is 0 Å². The minimum Gasteiger partial charge on any atom is -1.00 e. The maximum atomic E-state index is 2.72. The van der Waals surface area contributed by atoms with Crippen molar-refractivity contribution in [2.75, 3.05) is 0 Å². The molecule has 0 heterocycles. The second kappa shape index (κ2) is 13.0. The Labute approximate surface area is 228 Å². The number of benzene rings is 2. The molecule has 2 aliphatic rings. The van der Waals surface area contributed by atoms with Gasteiger partial charge in [0.1, 0.15) is 0 Å². The van der Waals surface area contributed by atoms with Crippen molar-refractivity contribution < 1.29 is 45.2 Å². The van der Waals surface area contributed by atoms with Gasteiger partial charge >= 0.3 is 205 Å². The van der Waals surface area contributed by atoms with Crippen molar-refractivity contribution >= 4 is 11.0 Å². The van der Waals surface area contributed by atoms with Crippen molar-refractivity contribution in [3.8, 4) is 0 Å². The number of hydrogen-bond donors (Lipinski definition) is 0. The van der Waals surface area contributed by atoms with Crippen molar-refractivity contribution in [2.24, 2.45) is 5.92 Å². The fourth-order valence-corrected chi connectivity index (χ4v) is 25.8. The van der Waals surface area contributed by atoms with Crippen LogP contribution >= 0.6 is 0 Å². The smallest absolute Gasteiger partial charge is 1.00 e. The molecule has 2 atom stereocenters. The summed E-state index contributed by atoms with van der Waals surface area (Å²) in [6.45, 7) is 14.9. The maximum Gasteiger partial charge on any atom is -1.00 e. The van der Waals surface area contributed by atoms with Crippen LogP contribution in [0.1, 0.15) is 73.7 Å². The molecule has 2 aromatic carbocycles. The predicted octanol–water partition coefficient (Wildman–Crippen LogP) is 2.87. The summed E-state index contributed by atoms with van der Waals surface area (Å²) in [5.41, 5.74) is 11.0. The van der Waals surface area contributed by atoms with Gasteiger partial charge in [0.15, 0.2) is 0 Å². The first-order valence-corrected chi connectivity index (χ1v) is 21.4. The zero-order valence-electron chi connectivity index (χ0n) is 21.5. The van der Waals surface area contributed by atoms with Gasteiger partial charge < -0.3 is 24.8 Å². The van der Waals surface area contributed by atoms with Crippen molar-refractivity contribution in [2.45, 2.75) is 70.1 Å². The van der Waals surface area contributed by atoms with E-state index >= 15 is 0 Å². The van der Waals surface area contributed by atoms with Crippen molar-refractivity contribution in [3.63, 3.8) is 0 Å². The van der Waals surface area contributed by atoms with Gasteiger partial charge in [0.2, 0.25) is 0 Å². The summed E-state index contributed by atoms with van der Waals surface area (Å²) < 4.78 is 2.70. The molecule has 34 heavy (non-hydrogen) atoms. The van der Waals surface area contributed by atoms with Gasteiger partial charge in [-0.1, -0.05) is 0 Å². The quantitative estimate of drug-likeness (QED) is 0.437. The van der Waals surface area contributed by atoms with Crippen LogP contribution < -0.4 is 24.8 Å². The molecule has 0 spiro atoms. The number of allylic oxidation sites excluding steroid dienone is 5. The molecule has 4 rings (SSSR count). The predicted molar refractivity (Wildman–Crippen MR) is 139 cm³/mol. The minimum atomic E-state index is -1.97. The summed E-state index contributed by atoms with van der Waals surface area (Å²) in [7, 11) is 0. The van der Waals surface area contributed by atoms with Gasteiger partial charge in [-0.2, -0.15) is 0 Å². The van der Waals surface area contributed by atoms with E-state index in [4.69, 9.17) is 0 Å². The Hall–Kier alpha value is -0.660. The average molecular weight is 589 g/mol. The number of hydrogen-bond acceptors (Lipinski definition) is 0. The molecule has 0 nitrogen and oxygen atoms in total. The minimum absolute atomic E-state index is 0. The standard InChI is InChI=1S/C15H11.C13H21.C2H6Si.2ClH.Zr/c1-2-6-12(7-3-1)15-11-10-13-8-4-5-9-14(13)15;1-5-10-9-11(6-2)13(8-4)12(10)7-3;1-3-2;;;/h1-11H;10H,5-8H2,1-4H3;1-2H3;2*1H;/q;;;;;+2/p-2. The first kappa shape index (κ1) is 29.6. The SMILES string of the molecule is CCC1=C(CC)C(CC)[C]([Zr+2]([CH]2C=C(c3ccccc3)c3ccccc32)=[Si](C)C)=C1CC.[Cl-].[Cl-]. The number of rotatable bonds is 7. The Balaban J connectivity index is 0.00000204. The molecule has 2 aliphatic carbocycles. The fraction of sp³-hybridized carbons (Fsp3) is 0.400. The van der Waals surface area contributed by atoms with Gasteiger partial charge in [0.05, 0.1) is 0 Å². The Bertz CT molecular complexity index is 1140. The van der Waals surface area contributed by atoms with Crippen LogP contribution in [0.5, 0.6) is 0 Å². The summed E-state index contributed by atoms with van der Waals surface area (Å²) in [6, 6.07) is 20.4. The van der Waals surface area contributed by atoms with Crippen LogP contribution in [0.4, 0.5) is 0 Å². The van der Waals surface area contributed by atoms with E-state index in [0.717, 1.165) is 5.92 Å². The van der Waals surface area contributed by atoms with E-state index in [1.165, 1.54) is 42.4 Å². The van der Waals surface area contributed by atoms with E-state index in [-0.39, 0.29) is 30.2 Å². The van der Waals surface area contributed by atoms with Crippen LogP contribution in [0.25, 0.3) is 5.57 Å². The zero-order chi connectivity index (χ0) is 22.8. The van der Waals surface area contributed by atoms with Gasteiger partial charge in [-0.3, -0.25) is 0 Å². The topological polar surface area (TPSA) is 0 Å². The average Bonchev–Trinajstić information content (AvgIpc) is 3.35. The molecule has 0 saturated carbocycles. The summed E-state index contributed by atoms with van der Waals surface area (Å²) in [5, 5.41) is 0. The molecule has 0 fully saturated rings. The van der Waals surface area contributed by atoms with Crippen LogP contribution in [0.2, 0.25) is 13.1 Å². The van der Waals surface area contributed by atoms with E-state index in [0.29, 0.717) is 3.63 Å². The third-order valence-electron chi connectivity index (χ3n) is 7.49. The van der Waals surface area contributed by atoms with Crippen molar-refractivity contribution in [1.29, 1.82) is 0 Å². The summed E-state index contributed by atoms with van der Waals surface area (Å²) in [4.78, 5) is 0. The van der Waals surface area contributed by atoms with E-state index < -0.39 is 20.4 Å². The third-order valence-corrected chi connectivity index (χ3v) is 25.7. The molecule has 0 N–H and O–H groups in total. The Kier molecular flexibility index (Phi) is 11.3. The molecule has 2 aromatic rings. The molecular weight excluding hydrogens is 551 g/mol. The largest absolute Gasteiger partial charge is 1.00 e. The van der Waals surface area contributed by atoms with Crippen molar-refractivity contribution in [3.05, 3.63) is 97.4 Å². The normalized spacial score (nSPS) is 18.6. The van der Waals surface area contributed by atoms with Gasteiger partial charge in [-0.15, -0.1) is 0 Å². The zero-order valence-corrected chi connectivity index (χ0v) is 26.5. The van der Waals surface area contributed by atoms with Gasteiger partial charge in [0, 0.05) is 0 Å². The van der Waals surface area contributed by atoms with Gasteiger partial charge in [-0.05, 0) is 0 Å². The second-order valence-corrected chi connectivity index (χ2v) is 26.8. The van der Waals surface area contributed by atoms with E-state index in [2.05, 4.69) is 101 Å². The van der Waals surface area contributed by atoms with E-state index in [9.17, 15) is 0 Å². The van der Waals surface area contributed by atoms with Crippen LogP contribution in [0.3, 0.4) is 0 Å². The molecule has 180 valence electrons. The molecule has 0 saturated heterocycles. The molecule has 0 amide bonds. The van der Waals surface area contributed by atoms with E-state index in [1.807, 2.05) is 3.28 Å². The number of halogens is 2. The summed E-state index contributed by atoms with van der Waals surface area (Å²) in [5.74, 6) is 0.737. The Morgan fingerprint density at radius 1 is 0.765 bits per heavy atom. The second-order valence-electron chi connectivity index (χ2n) is 9.34. The first-order valence-electron chi connectivity index (χ1n) is 12.6. The van der Waals surface area contributed by atoms with Gasteiger partial charge in [-0.25, -0.2) is 0 Å². The molecular formula is C30H38Cl2SiZr. The maximum absolute atomic E-state index is 2.72. The molecule has 4 heteroatoms. The van der Waals surface area contributed by atoms with Crippen LogP contribution in [-0.2, 0) is 20.4 Å². The van der Waals surface area contributed by atoms with Gasteiger partial charge in [0.25, 0.3) is 0 Å². The van der Waals surface area contributed by atoms with Crippen LogP contribution in [-0.4, -0.2) is 5.43 Å². The summed E-state index contributed by atoms with van der Waals surface area (Å²) in [6.07, 6.45) is 7.67. The molecule has 0 aromatic heterocycles. The molecule has 0 aliphatic heterocycles. The Morgan fingerprint density at radius 3 is 1.94 bits per heavy atom. The van der Waals surface area contributed by atoms with Crippen LogP contribution in [0.15, 0.2) is 80.7 Å². The first-order chi connectivity index (χ1) is 15.6. The molecule has 0 radical (unpaired) electrons. The fourth-order valence-electron chi connectivity index (χ4n) is 6.27. The van der Waals surface area contributed by atoms with Crippen LogP contribution in [0, 0.1) is 5.92 Å². The summed E-state index contributed by atoms with van der Waals surface area (Å²) >= 11 is -1.97. The third kappa shape index (κ3) is 5.22. The molecule has 2 unspecified atom stereocenters.